The Morgan fingerprint density at radius 2 is 2.19 bits per heavy atom. The molecule has 0 aliphatic heterocycles. The maximum absolute atomic E-state index is 13.3. The standard InChI is InChI=1S/C13H10BrFN/c14-11-5-3-6-12(8-11)16-9-10-4-1-2-7-13(10)15/h1,3-8,16H,9H2. The molecule has 2 rings (SSSR count). The topological polar surface area (TPSA) is 12.0 Å². The molecule has 0 aromatic heterocycles. The SMILES string of the molecule is Fc1c[c]ccc1CNc1cccc(Br)c1. The van der Waals surface area contributed by atoms with Gasteiger partial charge in [0.25, 0.3) is 0 Å². The summed E-state index contributed by atoms with van der Waals surface area (Å²) in [6.45, 7) is 0.469. The lowest BCUT2D eigenvalue weighted by Gasteiger charge is -2.07. The Morgan fingerprint density at radius 3 is 2.94 bits per heavy atom. The van der Waals surface area contributed by atoms with Crippen LogP contribution in [0.15, 0.2) is 46.9 Å². The van der Waals surface area contributed by atoms with Crippen molar-refractivity contribution < 1.29 is 4.39 Å². The van der Waals surface area contributed by atoms with E-state index in [-0.39, 0.29) is 5.82 Å². The summed E-state index contributed by atoms with van der Waals surface area (Å²) in [5.74, 6) is -0.231. The van der Waals surface area contributed by atoms with Crippen molar-refractivity contribution in [1.82, 2.24) is 0 Å². The van der Waals surface area contributed by atoms with Crippen LogP contribution in [0.5, 0.6) is 0 Å². The summed E-state index contributed by atoms with van der Waals surface area (Å²) in [4.78, 5) is 0. The highest BCUT2D eigenvalue weighted by Gasteiger charge is 2.00. The summed E-state index contributed by atoms with van der Waals surface area (Å²) in [7, 11) is 0. The normalized spacial score (nSPS) is 10.1. The third-order valence-corrected chi connectivity index (χ3v) is 2.70. The molecule has 3 heteroatoms. The van der Waals surface area contributed by atoms with Crippen molar-refractivity contribution >= 4 is 21.6 Å². The molecule has 0 heterocycles. The van der Waals surface area contributed by atoms with Crippen LogP contribution in [0.3, 0.4) is 0 Å². The van der Waals surface area contributed by atoms with Crippen LogP contribution in [-0.2, 0) is 6.54 Å². The van der Waals surface area contributed by atoms with E-state index >= 15 is 0 Å². The molecule has 1 N–H and O–H groups in total. The fourth-order valence-electron chi connectivity index (χ4n) is 1.38. The first-order chi connectivity index (χ1) is 7.75. The van der Waals surface area contributed by atoms with Crippen molar-refractivity contribution in [1.29, 1.82) is 0 Å². The van der Waals surface area contributed by atoms with E-state index in [0.29, 0.717) is 12.1 Å². The molecule has 16 heavy (non-hydrogen) atoms. The van der Waals surface area contributed by atoms with Crippen LogP contribution in [-0.4, -0.2) is 0 Å². The minimum Gasteiger partial charge on any atom is -0.381 e. The van der Waals surface area contributed by atoms with Gasteiger partial charge in [-0.25, -0.2) is 4.39 Å². The zero-order valence-corrected chi connectivity index (χ0v) is 10.1. The number of anilines is 1. The van der Waals surface area contributed by atoms with Gasteiger partial charge in [0.2, 0.25) is 0 Å². The first kappa shape index (κ1) is 11.1. The molecule has 0 atom stereocenters. The lowest BCUT2D eigenvalue weighted by Crippen LogP contribution is -2.01. The zero-order chi connectivity index (χ0) is 11.4. The van der Waals surface area contributed by atoms with E-state index in [1.165, 1.54) is 6.07 Å². The Hall–Kier alpha value is -1.35. The van der Waals surface area contributed by atoms with Crippen molar-refractivity contribution in [2.24, 2.45) is 0 Å². The second kappa shape index (κ2) is 5.12. The average Bonchev–Trinajstić information content (AvgIpc) is 2.28. The second-order valence-corrected chi connectivity index (χ2v) is 4.30. The quantitative estimate of drug-likeness (QED) is 0.895. The van der Waals surface area contributed by atoms with Crippen LogP contribution in [0.1, 0.15) is 5.56 Å². The maximum atomic E-state index is 13.3. The lowest BCUT2D eigenvalue weighted by molar-refractivity contribution is 0.612. The summed E-state index contributed by atoms with van der Waals surface area (Å²) in [6, 6.07) is 15.2. The predicted molar refractivity (Wildman–Crippen MR) is 66.7 cm³/mol. The highest BCUT2D eigenvalue weighted by atomic mass is 79.9. The highest BCUT2D eigenvalue weighted by molar-refractivity contribution is 9.10. The Balaban J connectivity index is 2.05. The number of nitrogens with one attached hydrogen (secondary N) is 1. The Labute approximate surface area is 102 Å². The Bertz CT molecular complexity index is 485. The number of hydrogen-bond acceptors (Lipinski definition) is 1. The molecule has 0 saturated heterocycles. The van der Waals surface area contributed by atoms with Crippen LogP contribution in [0.2, 0.25) is 0 Å². The second-order valence-electron chi connectivity index (χ2n) is 3.38. The van der Waals surface area contributed by atoms with Gasteiger partial charge in [-0.3, -0.25) is 0 Å². The minimum absolute atomic E-state index is 0.231. The molecule has 0 unspecified atom stereocenters. The van der Waals surface area contributed by atoms with E-state index in [1.807, 2.05) is 24.3 Å². The summed E-state index contributed by atoms with van der Waals surface area (Å²) >= 11 is 3.38. The monoisotopic (exact) mass is 278 g/mol. The fourth-order valence-corrected chi connectivity index (χ4v) is 1.78. The summed E-state index contributed by atoms with van der Waals surface area (Å²) in [6.07, 6.45) is 0. The molecular formula is C13H10BrFN. The molecule has 1 nitrogen and oxygen atoms in total. The highest BCUT2D eigenvalue weighted by Crippen LogP contribution is 2.17. The van der Waals surface area contributed by atoms with Gasteiger partial charge >= 0.3 is 0 Å². The van der Waals surface area contributed by atoms with Gasteiger partial charge in [0.05, 0.1) is 0 Å². The number of halogens is 2. The predicted octanol–water partition coefficient (Wildman–Crippen LogP) is 4.00. The first-order valence-corrected chi connectivity index (χ1v) is 5.69. The maximum Gasteiger partial charge on any atom is 0.128 e. The van der Waals surface area contributed by atoms with Crippen molar-refractivity contribution in [3.05, 3.63) is 64.4 Å². The lowest BCUT2D eigenvalue weighted by atomic mass is 10.2. The molecular weight excluding hydrogens is 269 g/mol. The number of benzene rings is 2. The molecule has 0 spiro atoms. The van der Waals surface area contributed by atoms with Crippen LogP contribution in [0.25, 0.3) is 0 Å². The average molecular weight is 279 g/mol. The van der Waals surface area contributed by atoms with Gasteiger partial charge < -0.3 is 5.32 Å². The van der Waals surface area contributed by atoms with Crippen molar-refractivity contribution in [3.8, 4) is 0 Å². The van der Waals surface area contributed by atoms with Gasteiger partial charge in [-0.05, 0) is 30.3 Å². The molecule has 2 aromatic carbocycles. The van der Waals surface area contributed by atoms with Crippen LogP contribution >= 0.6 is 15.9 Å². The van der Waals surface area contributed by atoms with Gasteiger partial charge in [0.15, 0.2) is 0 Å². The summed E-state index contributed by atoms with van der Waals surface area (Å²) in [5, 5.41) is 3.16. The van der Waals surface area contributed by atoms with E-state index < -0.39 is 0 Å². The van der Waals surface area contributed by atoms with E-state index in [9.17, 15) is 4.39 Å². The Morgan fingerprint density at radius 1 is 1.31 bits per heavy atom. The summed E-state index contributed by atoms with van der Waals surface area (Å²) in [5.41, 5.74) is 1.60. The van der Waals surface area contributed by atoms with Gasteiger partial charge in [0.1, 0.15) is 5.82 Å². The van der Waals surface area contributed by atoms with Crippen LogP contribution in [0, 0.1) is 11.9 Å². The van der Waals surface area contributed by atoms with Gasteiger partial charge in [-0.15, -0.1) is 0 Å². The van der Waals surface area contributed by atoms with Gasteiger partial charge in [-0.1, -0.05) is 34.1 Å². The molecule has 2 aromatic rings. The first-order valence-electron chi connectivity index (χ1n) is 4.89. The summed E-state index contributed by atoms with van der Waals surface area (Å²) < 4.78 is 14.3. The molecule has 81 valence electrons. The van der Waals surface area contributed by atoms with E-state index in [4.69, 9.17) is 0 Å². The van der Waals surface area contributed by atoms with Crippen molar-refractivity contribution in [2.45, 2.75) is 6.54 Å². The van der Waals surface area contributed by atoms with E-state index in [2.05, 4.69) is 27.3 Å². The third kappa shape index (κ3) is 2.83. The van der Waals surface area contributed by atoms with Crippen molar-refractivity contribution in [3.63, 3.8) is 0 Å². The fraction of sp³-hybridized carbons (Fsp3) is 0.0769. The van der Waals surface area contributed by atoms with E-state index in [0.717, 1.165) is 10.2 Å². The van der Waals surface area contributed by atoms with Gasteiger partial charge in [-0.2, -0.15) is 0 Å². The number of hydrogen-bond donors (Lipinski definition) is 1. The molecule has 0 amide bonds. The third-order valence-electron chi connectivity index (χ3n) is 2.21. The largest absolute Gasteiger partial charge is 0.381 e. The minimum atomic E-state index is -0.231. The molecule has 0 aliphatic carbocycles. The molecule has 0 bridgehead atoms. The zero-order valence-electron chi connectivity index (χ0n) is 8.50. The molecule has 0 aliphatic rings. The molecule has 0 fully saturated rings. The number of rotatable bonds is 3. The van der Waals surface area contributed by atoms with Crippen LogP contribution in [0.4, 0.5) is 10.1 Å². The van der Waals surface area contributed by atoms with E-state index in [1.54, 1.807) is 12.1 Å². The van der Waals surface area contributed by atoms with Crippen molar-refractivity contribution in [2.75, 3.05) is 5.32 Å². The Kier molecular flexibility index (Phi) is 3.57. The van der Waals surface area contributed by atoms with Gasteiger partial charge in [0, 0.05) is 22.3 Å². The molecule has 0 saturated carbocycles. The van der Waals surface area contributed by atoms with Crippen LogP contribution < -0.4 is 5.32 Å². The smallest absolute Gasteiger partial charge is 0.128 e. The molecule has 1 radical (unpaired) electrons.